The van der Waals surface area contributed by atoms with Crippen molar-refractivity contribution in [2.24, 2.45) is 0 Å². The number of anilines is 1. The van der Waals surface area contributed by atoms with Crippen molar-refractivity contribution in [3.05, 3.63) is 64.7 Å². The lowest BCUT2D eigenvalue weighted by molar-refractivity contribution is -0.138. The van der Waals surface area contributed by atoms with Crippen LogP contribution in [0.4, 0.5) is 10.5 Å². The van der Waals surface area contributed by atoms with E-state index in [-0.39, 0.29) is 18.4 Å². The van der Waals surface area contributed by atoms with Crippen LogP contribution in [0.3, 0.4) is 0 Å². The number of carbonyl (C=O) groups excluding carboxylic acids is 3. The SMILES string of the molecule is CCCN(C(=O)CNC(=O)OC(C)(C)C)C(C(=O)Nc1ccccc1C)c1c(C)cccc1C. The number of nitrogens with one attached hydrogen (secondary N) is 2. The maximum Gasteiger partial charge on any atom is 0.408 e. The van der Waals surface area contributed by atoms with Crippen LogP contribution in [-0.4, -0.2) is 41.5 Å². The molecule has 2 aromatic rings. The summed E-state index contributed by atoms with van der Waals surface area (Å²) in [6, 6.07) is 12.5. The first kappa shape index (κ1) is 26.9. The van der Waals surface area contributed by atoms with Crippen LogP contribution >= 0.6 is 0 Å². The third kappa shape index (κ3) is 7.33. The van der Waals surface area contributed by atoms with Crippen LogP contribution in [0.25, 0.3) is 0 Å². The van der Waals surface area contributed by atoms with E-state index in [9.17, 15) is 14.4 Å². The number of para-hydroxylation sites is 1. The second-order valence-corrected chi connectivity index (χ2v) is 9.45. The van der Waals surface area contributed by atoms with E-state index in [1.165, 1.54) is 0 Å². The van der Waals surface area contributed by atoms with E-state index in [1.807, 2.05) is 70.2 Å². The monoisotopic (exact) mass is 467 g/mol. The van der Waals surface area contributed by atoms with E-state index >= 15 is 0 Å². The van der Waals surface area contributed by atoms with E-state index in [2.05, 4.69) is 10.6 Å². The largest absolute Gasteiger partial charge is 0.444 e. The molecule has 0 saturated heterocycles. The molecule has 0 heterocycles. The summed E-state index contributed by atoms with van der Waals surface area (Å²) >= 11 is 0. The molecule has 184 valence electrons. The van der Waals surface area contributed by atoms with Gasteiger partial charge in [0.2, 0.25) is 5.91 Å². The molecule has 3 amide bonds. The Morgan fingerprint density at radius 2 is 1.53 bits per heavy atom. The molecule has 2 N–H and O–H groups in total. The van der Waals surface area contributed by atoms with Gasteiger partial charge < -0.3 is 20.3 Å². The van der Waals surface area contributed by atoms with Crippen molar-refractivity contribution < 1.29 is 19.1 Å². The zero-order valence-corrected chi connectivity index (χ0v) is 21.3. The lowest BCUT2D eigenvalue weighted by Gasteiger charge is -2.33. The Morgan fingerprint density at radius 1 is 0.941 bits per heavy atom. The molecule has 7 nitrogen and oxygen atoms in total. The fraction of sp³-hybridized carbons (Fsp3) is 0.444. The standard InChI is InChI=1S/C27H37N3O4/c1-8-16-30(22(31)17-28-26(33)34-27(5,6)7)24(23-19(3)13-11-14-20(23)4)25(32)29-21-15-10-9-12-18(21)2/h9-15,24H,8,16-17H2,1-7H3,(H,28,33)(H,29,32). The number of amides is 3. The van der Waals surface area contributed by atoms with Crippen molar-refractivity contribution >= 4 is 23.6 Å². The Labute approximate surface area is 202 Å². The summed E-state index contributed by atoms with van der Waals surface area (Å²) in [5.41, 5.74) is 3.56. The van der Waals surface area contributed by atoms with Crippen molar-refractivity contribution in [2.75, 3.05) is 18.4 Å². The second kappa shape index (κ2) is 11.7. The summed E-state index contributed by atoms with van der Waals surface area (Å²) in [6.07, 6.45) is -0.0256. The van der Waals surface area contributed by atoms with Gasteiger partial charge in [-0.1, -0.05) is 43.3 Å². The average Bonchev–Trinajstić information content (AvgIpc) is 2.74. The highest BCUT2D eigenvalue weighted by atomic mass is 16.6. The Morgan fingerprint density at radius 3 is 2.09 bits per heavy atom. The Kier molecular flexibility index (Phi) is 9.24. The van der Waals surface area contributed by atoms with Gasteiger partial charge >= 0.3 is 6.09 Å². The van der Waals surface area contributed by atoms with E-state index in [0.29, 0.717) is 18.7 Å². The van der Waals surface area contributed by atoms with Gasteiger partial charge in [0.1, 0.15) is 18.2 Å². The minimum atomic E-state index is -0.853. The summed E-state index contributed by atoms with van der Waals surface area (Å²) in [5, 5.41) is 5.54. The Balaban J connectivity index is 2.41. The maximum atomic E-state index is 13.7. The van der Waals surface area contributed by atoms with Gasteiger partial charge in [-0.2, -0.15) is 0 Å². The Hall–Kier alpha value is -3.35. The number of hydrogen-bond acceptors (Lipinski definition) is 4. The number of nitrogens with zero attached hydrogens (tertiary/aromatic N) is 1. The second-order valence-electron chi connectivity index (χ2n) is 9.45. The first-order chi connectivity index (χ1) is 15.9. The van der Waals surface area contributed by atoms with Gasteiger partial charge in [-0.25, -0.2) is 4.79 Å². The molecule has 2 rings (SSSR count). The average molecular weight is 468 g/mol. The molecule has 0 aliphatic heterocycles. The molecule has 0 aliphatic carbocycles. The van der Waals surface area contributed by atoms with Crippen LogP contribution in [0.15, 0.2) is 42.5 Å². The molecular formula is C27H37N3O4. The summed E-state index contributed by atoms with van der Waals surface area (Å²) in [7, 11) is 0. The van der Waals surface area contributed by atoms with E-state index in [1.54, 1.807) is 25.7 Å². The molecule has 7 heteroatoms. The quantitative estimate of drug-likeness (QED) is 0.568. The number of alkyl carbamates (subject to hydrolysis) is 1. The molecule has 0 radical (unpaired) electrons. The fourth-order valence-electron chi connectivity index (χ4n) is 3.80. The predicted octanol–water partition coefficient (Wildman–Crippen LogP) is 5.05. The predicted molar refractivity (Wildman–Crippen MR) is 135 cm³/mol. The topological polar surface area (TPSA) is 87.7 Å². The van der Waals surface area contributed by atoms with Crippen molar-refractivity contribution in [3.8, 4) is 0 Å². The molecule has 0 aromatic heterocycles. The number of ether oxygens (including phenoxy) is 1. The van der Waals surface area contributed by atoms with Crippen molar-refractivity contribution in [2.45, 2.75) is 66.5 Å². The molecule has 0 saturated carbocycles. The van der Waals surface area contributed by atoms with Gasteiger partial charge in [0, 0.05) is 12.2 Å². The van der Waals surface area contributed by atoms with E-state index in [4.69, 9.17) is 4.74 Å². The molecule has 34 heavy (non-hydrogen) atoms. The van der Waals surface area contributed by atoms with Gasteiger partial charge in [0.15, 0.2) is 0 Å². The van der Waals surface area contributed by atoms with E-state index in [0.717, 1.165) is 22.3 Å². The highest BCUT2D eigenvalue weighted by Crippen LogP contribution is 2.29. The summed E-state index contributed by atoms with van der Waals surface area (Å²) < 4.78 is 5.25. The first-order valence-electron chi connectivity index (χ1n) is 11.6. The minimum absolute atomic E-state index is 0.270. The molecule has 0 bridgehead atoms. The van der Waals surface area contributed by atoms with Gasteiger partial charge in [0.05, 0.1) is 0 Å². The Bertz CT molecular complexity index is 1010. The number of hydrogen-bond donors (Lipinski definition) is 2. The number of carbonyl (C=O) groups is 3. The van der Waals surface area contributed by atoms with Crippen LogP contribution in [0.1, 0.15) is 62.4 Å². The van der Waals surface area contributed by atoms with Crippen LogP contribution in [-0.2, 0) is 14.3 Å². The van der Waals surface area contributed by atoms with Crippen molar-refractivity contribution in [1.82, 2.24) is 10.2 Å². The molecule has 0 spiro atoms. The zero-order valence-electron chi connectivity index (χ0n) is 21.3. The molecular weight excluding hydrogens is 430 g/mol. The number of rotatable bonds is 8. The molecule has 1 atom stereocenters. The zero-order chi connectivity index (χ0) is 25.5. The van der Waals surface area contributed by atoms with Crippen molar-refractivity contribution in [3.63, 3.8) is 0 Å². The normalized spacial score (nSPS) is 12.0. The van der Waals surface area contributed by atoms with Crippen LogP contribution in [0.2, 0.25) is 0 Å². The summed E-state index contributed by atoms with van der Waals surface area (Å²) in [5.74, 6) is -0.661. The van der Waals surface area contributed by atoms with E-state index < -0.39 is 17.7 Å². The lowest BCUT2D eigenvalue weighted by Crippen LogP contribution is -2.47. The van der Waals surface area contributed by atoms with Crippen molar-refractivity contribution in [1.29, 1.82) is 0 Å². The summed E-state index contributed by atoms with van der Waals surface area (Å²) in [6.45, 7) is 13.1. The highest BCUT2D eigenvalue weighted by Gasteiger charge is 2.33. The molecule has 0 aliphatic rings. The number of benzene rings is 2. The first-order valence-corrected chi connectivity index (χ1v) is 11.6. The van der Waals surface area contributed by atoms with Crippen LogP contribution < -0.4 is 10.6 Å². The lowest BCUT2D eigenvalue weighted by atomic mass is 9.93. The van der Waals surface area contributed by atoms with Gasteiger partial charge in [-0.3, -0.25) is 9.59 Å². The third-order valence-electron chi connectivity index (χ3n) is 5.35. The minimum Gasteiger partial charge on any atom is -0.444 e. The molecule has 2 aromatic carbocycles. The van der Waals surface area contributed by atoms with Crippen LogP contribution in [0.5, 0.6) is 0 Å². The number of aryl methyl sites for hydroxylation is 3. The summed E-state index contributed by atoms with van der Waals surface area (Å²) in [4.78, 5) is 40.7. The third-order valence-corrected chi connectivity index (χ3v) is 5.35. The molecule has 0 fully saturated rings. The smallest absolute Gasteiger partial charge is 0.408 e. The van der Waals surface area contributed by atoms with Gasteiger partial charge in [-0.05, 0) is 76.3 Å². The fourth-order valence-corrected chi connectivity index (χ4v) is 3.80. The maximum absolute atomic E-state index is 13.7. The van der Waals surface area contributed by atoms with Gasteiger partial charge in [-0.15, -0.1) is 0 Å². The van der Waals surface area contributed by atoms with Gasteiger partial charge in [0.25, 0.3) is 5.91 Å². The van der Waals surface area contributed by atoms with Crippen LogP contribution in [0, 0.1) is 20.8 Å². The highest BCUT2D eigenvalue weighted by molar-refractivity contribution is 5.99. The molecule has 1 unspecified atom stereocenters.